The Morgan fingerprint density at radius 2 is 0.704 bits per heavy atom. The molecule has 115 heavy (non-hydrogen) atoms. The van der Waals surface area contributed by atoms with Crippen LogP contribution in [0.5, 0.6) is 0 Å². The van der Waals surface area contributed by atoms with Gasteiger partial charge in [-0.25, -0.2) is 53.0 Å². The van der Waals surface area contributed by atoms with Crippen molar-refractivity contribution in [2.45, 2.75) is 83.6 Å². The highest BCUT2D eigenvalue weighted by atomic mass is 19.4. The van der Waals surface area contributed by atoms with E-state index in [0.717, 1.165) is 41.3 Å². The summed E-state index contributed by atoms with van der Waals surface area (Å²) in [6.45, 7) is 6.99. The molecule has 0 bridgehead atoms. The molecule has 3 atom stereocenters. The Morgan fingerprint density at radius 1 is 0.374 bits per heavy atom. The van der Waals surface area contributed by atoms with E-state index in [1.165, 1.54) is 55.2 Å². The SMILES string of the molecule is Cc1ccc(-c2nc(N)nc3c2C(=O)N(C)/C3=C\c2ccc(F)cc2C(F)(F)F)o1.Cc1ccc(-c2nc(N)nc3c2C(=O)N(C)C3Cc2ccc(F)cc2C(F)(F)F)o1.Cc1ccc(-c2nc(N)nc3c2C(=O)N(C)C3Cc2ccccc2C(F)(F)F)o1.Cc1ccc(-c2nc(N)nc3c2C(=O)N(C)C3Cc2ccccc2F)o1. The number of aromatic nitrogens is 8. The molecule has 16 rings (SSSR count). The average molecular weight is 1590 g/mol. The van der Waals surface area contributed by atoms with Crippen LogP contribution in [0.1, 0.15) is 144 Å². The smallest absolute Gasteiger partial charge is 0.417 e. The van der Waals surface area contributed by atoms with Crippen LogP contribution in [0.3, 0.4) is 0 Å². The predicted molar refractivity (Wildman–Crippen MR) is 392 cm³/mol. The number of fused-ring (bicyclic) bond motifs is 4. The number of alkyl halides is 9. The van der Waals surface area contributed by atoms with E-state index in [1.807, 2.05) is 6.92 Å². The molecular weight excluding hydrogens is 1530 g/mol. The van der Waals surface area contributed by atoms with E-state index in [1.54, 1.807) is 99.4 Å². The number of carbonyl (C=O) groups is 4. The Kier molecular flexibility index (Phi) is 21.0. The molecule has 0 saturated heterocycles. The number of hydrogen-bond acceptors (Lipinski definition) is 20. The molecule has 0 saturated carbocycles. The average Bonchev–Trinajstić information content (AvgIpc) is 1.62. The molecule has 4 aliphatic rings. The summed E-state index contributed by atoms with van der Waals surface area (Å²) in [5, 5.41) is 0. The van der Waals surface area contributed by atoms with Crippen LogP contribution >= 0.6 is 0 Å². The van der Waals surface area contributed by atoms with Gasteiger partial charge >= 0.3 is 18.5 Å². The van der Waals surface area contributed by atoms with Crippen molar-refractivity contribution < 1.29 is 89.5 Å². The van der Waals surface area contributed by atoms with Crippen LogP contribution < -0.4 is 22.9 Å². The normalized spacial score (nSPS) is 16.0. The third kappa shape index (κ3) is 15.7. The van der Waals surface area contributed by atoms with E-state index in [4.69, 9.17) is 40.6 Å². The molecule has 4 aromatic carbocycles. The quantitative estimate of drug-likeness (QED) is 0.0874. The number of amides is 4. The van der Waals surface area contributed by atoms with E-state index in [0.29, 0.717) is 87.1 Å². The lowest BCUT2D eigenvalue weighted by Gasteiger charge is -2.22. The third-order valence-corrected chi connectivity index (χ3v) is 19.3. The molecule has 36 heteroatoms. The fraction of sp³-hybridized carbons (Fsp3) is 0.215. The molecule has 12 aromatic rings. The van der Waals surface area contributed by atoms with Gasteiger partial charge in [0.15, 0.2) is 23.0 Å². The third-order valence-electron chi connectivity index (χ3n) is 19.3. The van der Waals surface area contributed by atoms with Gasteiger partial charge in [0.1, 0.15) is 69.0 Å². The van der Waals surface area contributed by atoms with E-state index in [-0.39, 0.29) is 122 Å². The molecule has 4 amide bonds. The first-order valence-corrected chi connectivity index (χ1v) is 34.6. The zero-order chi connectivity index (χ0) is 82.9. The topological polar surface area (TPSA) is 341 Å². The summed E-state index contributed by atoms with van der Waals surface area (Å²) < 4.78 is 184. The number of halogens is 12. The monoisotopic (exact) mass is 1590 g/mol. The van der Waals surface area contributed by atoms with Gasteiger partial charge in [0.2, 0.25) is 23.8 Å². The molecule has 0 spiro atoms. The van der Waals surface area contributed by atoms with Gasteiger partial charge in [-0.15, -0.1) is 0 Å². The number of carbonyl (C=O) groups excluding carboxylic acids is 4. The minimum Gasteiger partial charge on any atom is -0.460 e. The first kappa shape index (κ1) is 79.4. The van der Waals surface area contributed by atoms with E-state index >= 15 is 0 Å². The molecule has 12 heterocycles. The minimum atomic E-state index is -4.79. The van der Waals surface area contributed by atoms with Gasteiger partial charge in [-0.05, 0) is 154 Å². The van der Waals surface area contributed by atoms with Gasteiger partial charge in [0.25, 0.3) is 23.6 Å². The minimum absolute atomic E-state index is 0.0504. The maximum Gasteiger partial charge on any atom is 0.417 e. The van der Waals surface area contributed by atoms with Crippen LogP contribution in [0.2, 0.25) is 0 Å². The van der Waals surface area contributed by atoms with Gasteiger partial charge in [-0.2, -0.15) is 39.5 Å². The van der Waals surface area contributed by atoms with Crippen LogP contribution in [0.25, 0.3) is 57.6 Å². The van der Waals surface area contributed by atoms with Gasteiger partial charge in [0, 0.05) is 34.6 Å². The van der Waals surface area contributed by atoms with Crippen molar-refractivity contribution in [1.29, 1.82) is 0 Å². The molecule has 0 fully saturated rings. The molecule has 0 radical (unpaired) electrons. The van der Waals surface area contributed by atoms with Crippen molar-refractivity contribution in [2.75, 3.05) is 51.1 Å². The summed E-state index contributed by atoms with van der Waals surface area (Å²) in [4.78, 5) is 90.2. The van der Waals surface area contributed by atoms with E-state index in [9.17, 15) is 71.9 Å². The highest BCUT2D eigenvalue weighted by Crippen LogP contribution is 2.47. The fourth-order valence-electron chi connectivity index (χ4n) is 13.8. The first-order valence-electron chi connectivity index (χ1n) is 34.6. The second kappa shape index (κ2) is 30.4. The summed E-state index contributed by atoms with van der Waals surface area (Å²) in [6.07, 6.45) is -12.9. The summed E-state index contributed by atoms with van der Waals surface area (Å²) in [7, 11) is 6.04. The lowest BCUT2D eigenvalue weighted by Crippen LogP contribution is -2.25. The van der Waals surface area contributed by atoms with Crippen molar-refractivity contribution in [1.82, 2.24) is 59.5 Å². The second-order valence-electron chi connectivity index (χ2n) is 26.9. The Morgan fingerprint density at radius 3 is 1.09 bits per heavy atom. The maximum absolute atomic E-state index is 14.1. The number of rotatable bonds is 11. The van der Waals surface area contributed by atoms with Crippen LogP contribution in [-0.2, 0) is 37.8 Å². The number of nitrogens with zero attached hydrogens (tertiary/aromatic N) is 12. The van der Waals surface area contributed by atoms with E-state index in [2.05, 4.69) is 39.9 Å². The number of furan rings is 4. The highest BCUT2D eigenvalue weighted by Gasteiger charge is 2.46. The molecule has 0 aliphatic carbocycles. The molecule has 592 valence electrons. The lowest BCUT2D eigenvalue weighted by molar-refractivity contribution is -0.139. The van der Waals surface area contributed by atoms with Crippen molar-refractivity contribution >= 4 is 59.2 Å². The molecule has 24 nitrogen and oxygen atoms in total. The van der Waals surface area contributed by atoms with Crippen molar-refractivity contribution in [3.8, 4) is 45.8 Å². The number of nitrogen functional groups attached to an aromatic ring is 4. The zero-order valence-electron chi connectivity index (χ0n) is 61.6. The second-order valence-corrected chi connectivity index (χ2v) is 26.9. The van der Waals surface area contributed by atoms with Crippen LogP contribution in [-0.4, -0.2) is 111 Å². The Bertz CT molecular complexity index is 5910. The number of hydrogen-bond donors (Lipinski definition) is 4. The summed E-state index contributed by atoms with van der Waals surface area (Å²) >= 11 is 0. The maximum atomic E-state index is 14.1. The molecule has 4 aliphatic heterocycles. The Balaban J connectivity index is 0.000000134. The molecule has 8 aromatic heterocycles. The number of likely N-dealkylation sites (N-methyl/N-ethyl adjacent to an activating group) is 3. The Hall–Kier alpha value is -13.7. The van der Waals surface area contributed by atoms with Crippen LogP contribution in [0.4, 0.5) is 76.5 Å². The molecule has 8 N–H and O–H groups in total. The standard InChI is InChI=1S/C20H16F4N4O2.C20H14F4N4O2.C20H17F3N4O2.C19H17FN4O2/c2*1-9-3-6-14(30-9)17-15-16(26-19(25)27-17)13(28(2)18(15)29)7-10-4-5-11(21)8-12(10)20(22,23)24;1-10-7-8-14(29-10)17-15-16(25-19(24)26-17)13(27(2)18(15)28)9-11-5-3-4-6-12(11)20(21,22)23;1-10-7-8-14(26-10)17-15-16(22-19(21)23-17)13(24(2)18(15)25)9-11-5-3-4-6-12(11)20/h3-6,8,13H,7H2,1-2H3,(H2,25,26,27);3-8H,1-2H3,(H2,25,26,27);3-8,13H,9H2,1-2H3,(H2,24,25,26);3-8,13H,9H2,1-2H3,(H2,21,22,23)/b;13-7-;;. The molecule has 3 unspecified atom stereocenters. The number of benzene rings is 4. The number of aryl methyl sites for hydroxylation is 4. The highest BCUT2D eigenvalue weighted by molar-refractivity contribution is 6.14. The van der Waals surface area contributed by atoms with Crippen molar-refractivity contribution in [2.24, 2.45) is 0 Å². The largest absolute Gasteiger partial charge is 0.460 e. The van der Waals surface area contributed by atoms with Gasteiger partial charge in [0.05, 0.1) is 79.8 Å². The van der Waals surface area contributed by atoms with Crippen molar-refractivity contribution in [3.05, 3.63) is 258 Å². The van der Waals surface area contributed by atoms with Gasteiger partial charge in [-0.3, -0.25) is 19.2 Å². The first-order chi connectivity index (χ1) is 54.2. The number of anilines is 4. The van der Waals surface area contributed by atoms with Crippen LogP contribution in [0.15, 0.2) is 151 Å². The van der Waals surface area contributed by atoms with E-state index < -0.39 is 82.7 Å². The summed E-state index contributed by atoms with van der Waals surface area (Å²) in [6, 6.07) is 28.1. The molecular formula is C79H64F12N16O8. The fourth-order valence-corrected chi connectivity index (χ4v) is 13.8. The van der Waals surface area contributed by atoms with Gasteiger partial charge in [-0.1, -0.05) is 48.5 Å². The van der Waals surface area contributed by atoms with Gasteiger partial charge < -0.3 is 60.2 Å². The predicted octanol–water partition coefficient (Wildman–Crippen LogP) is 15.7. The zero-order valence-corrected chi connectivity index (χ0v) is 61.6. The lowest BCUT2D eigenvalue weighted by atomic mass is 9.97. The Labute approximate surface area is 644 Å². The van der Waals surface area contributed by atoms with Crippen LogP contribution in [0, 0.1) is 45.1 Å². The van der Waals surface area contributed by atoms with Crippen molar-refractivity contribution in [3.63, 3.8) is 0 Å². The summed E-state index contributed by atoms with van der Waals surface area (Å²) in [5.74, 6) is -0.411. The summed E-state index contributed by atoms with van der Waals surface area (Å²) in [5.41, 5.74) is 23.3. The number of nitrogens with two attached hydrogens (primary N) is 4.